The lowest BCUT2D eigenvalue weighted by atomic mass is 10.00. The first kappa shape index (κ1) is 24.7. The molecule has 0 aliphatic carbocycles. The average Bonchev–Trinajstić information content (AvgIpc) is 3.52. The van der Waals surface area contributed by atoms with E-state index in [0.717, 1.165) is 57.3 Å². The lowest BCUT2D eigenvalue weighted by Gasteiger charge is -2.31. The van der Waals surface area contributed by atoms with Crippen LogP contribution in [0.3, 0.4) is 0 Å². The van der Waals surface area contributed by atoms with Crippen LogP contribution in [0.25, 0.3) is 11.5 Å². The molecule has 2 amide bonds. The second-order valence-corrected chi connectivity index (χ2v) is 10.3. The zero-order valence-electron chi connectivity index (χ0n) is 22.8. The van der Waals surface area contributed by atoms with E-state index in [0.29, 0.717) is 6.54 Å². The molecule has 0 radical (unpaired) electrons. The smallest absolute Gasteiger partial charge is 0.308 e. The van der Waals surface area contributed by atoms with Crippen molar-refractivity contribution < 1.29 is 4.79 Å². The summed E-state index contributed by atoms with van der Waals surface area (Å²) in [5.74, 6) is 0.984. The Morgan fingerprint density at radius 1 is 0.923 bits per heavy atom. The van der Waals surface area contributed by atoms with Gasteiger partial charge in [0, 0.05) is 17.4 Å². The third-order valence-corrected chi connectivity index (χ3v) is 7.68. The minimum absolute atomic E-state index is 0.139. The number of amides is 2. The fourth-order valence-corrected chi connectivity index (χ4v) is 5.55. The van der Waals surface area contributed by atoms with Crippen molar-refractivity contribution in [3.8, 4) is 11.5 Å². The van der Waals surface area contributed by atoms with Crippen molar-refractivity contribution in [2.45, 2.75) is 46.7 Å². The third-order valence-electron chi connectivity index (χ3n) is 7.68. The highest BCUT2D eigenvalue weighted by Crippen LogP contribution is 2.39. The van der Waals surface area contributed by atoms with E-state index in [1.807, 2.05) is 46.0 Å². The molecule has 0 spiro atoms. The van der Waals surface area contributed by atoms with E-state index < -0.39 is 0 Å². The summed E-state index contributed by atoms with van der Waals surface area (Å²) >= 11 is 0. The van der Waals surface area contributed by atoms with E-state index in [1.165, 1.54) is 5.56 Å². The molecule has 0 bridgehead atoms. The molecule has 1 aliphatic heterocycles. The summed E-state index contributed by atoms with van der Waals surface area (Å²) in [6, 6.07) is 28.5. The van der Waals surface area contributed by atoms with Gasteiger partial charge in [-0.3, -0.25) is 0 Å². The Morgan fingerprint density at radius 2 is 1.74 bits per heavy atom. The largest absolute Gasteiger partial charge is 0.322 e. The van der Waals surface area contributed by atoms with Crippen LogP contribution in [0.4, 0.5) is 10.5 Å². The fraction of sp³-hybridized carbons (Fsp3) is 0.212. The maximum Gasteiger partial charge on any atom is 0.322 e. The van der Waals surface area contributed by atoms with Gasteiger partial charge >= 0.3 is 6.03 Å². The van der Waals surface area contributed by atoms with Crippen LogP contribution in [-0.4, -0.2) is 25.3 Å². The molecule has 0 saturated heterocycles. The summed E-state index contributed by atoms with van der Waals surface area (Å²) in [5, 5.41) is 8.25. The standard InChI is InChI=1S/C33H33N5O/c1-5-29-28-21-37(33(39)34-26-17-16-23(3)24(4)20-26)31(25-12-9-11-22(2)19-25)30-15-10-18-36(30)32(28)38(35-29)27-13-7-6-8-14-27/h6-20,31H,5,21H2,1-4H3,(H,34,39). The van der Waals surface area contributed by atoms with Crippen molar-refractivity contribution >= 4 is 11.7 Å². The molecular formula is C33H33N5O. The molecule has 3 aromatic carbocycles. The minimum Gasteiger partial charge on any atom is -0.308 e. The molecule has 5 aromatic rings. The Morgan fingerprint density at radius 3 is 2.49 bits per heavy atom. The summed E-state index contributed by atoms with van der Waals surface area (Å²) in [4.78, 5) is 16.1. The van der Waals surface area contributed by atoms with Crippen LogP contribution in [0.5, 0.6) is 0 Å². The maximum absolute atomic E-state index is 14.2. The molecule has 0 fully saturated rings. The Hall–Kier alpha value is -4.58. The number of carbonyl (C=O) groups is 1. The molecule has 1 unspecified atom stereocenters. The molecule has 1 aliphatic rings. The monoisotopic (exact) mass is 515 g/mol. The Bertz CT molecular complexity index is 1660. The average molecular weight is 516 g/mol. The van der Waals surface area contributed by atoms with Gasteiger partial charge in [-0.2, -0.15) is 5.10 Å². The van der Waals surface area contributed by atoms with Crippen LogP contribution in [-0.2, 0) is 13.0 Å². The molecule has 6 rings (SSSR count). The van der Waals surface area contributed by atoms with Gasteiger partial charge in [-0.1, -0.05) is 61.0 Å². The number of hydrogen-bond donors (Lipinski definition) is 1. The predicted molar refractivity (Wildman–Crippen MR) is 156 cm³/mol. The quantitative estimate of drug-likeness (QED) is 0.273. The summed E-state index contributed by atoms with van der Waals surface area (Å²) in [6.07, 6.45) is 2.85. The van der Waals surface area contributed by atoms with E-state index in [1.54, 1.807) is 0 Å². The molecule has 0 saturated carbocycles. The number of nitrogens with one attached hydrogen (secondary N) is 1. The summed E-state index contributed by atoms with van der Waals surface area (Å²) in [7, 11) is 0. The molecule has 39 heavy (non-hydrogen) atoms. The summed E-state index contributed by atoms with van der Waals surface area (Å²) in [5.41, 5.74) is 9.44. The van der Waals surface area contributed by atoms with Gasteiger partial charge in [0.25, 0.3) is 0 Å². The summed E-state index contributed by atoms with van der Waals surface area (Å²) < 4.78 is 4.24. The number of nitrogens with zero attached hydrogens (tertiary/aromatic N) is 4. The number of carbonyl (C=O) groups excluding carboxylic acids is 1. The van der Waals surface area contributed by atoms with Crippen LogP contribution in [0.1, 0.15) is 52.2 Å². The predicted octanol–water partition coefficient (Wildman–Crippen LogP) is 7.29. The molecule has 1 atom stereocenters. The van der Waals surface area contributed by atoms with Crippen molar-refractivity contribution in [2.24, 2.45) is 0 Å². The van der Waals surface area contributed by atoms with Crippen molar-refractivity contribution in [1.82, 2.24) is 19.2 Å². The highest BCUT2D eigenvalue weighted by Gasteiger charge is 2.36. The second kappa shape index (κ2) is 9.95. The first-order valence-corrected chi connectivity index (χ1v) is 13.5. The zero-order chi connectivity index (χ0) is 27.1. The maximum atomic E-state index is 14.2. The molecule has 1 N–H and O–H groups in total. The lowest BCUT2D eigenvalue weighted by molar-refractivity contribution is 0.194. The topological polar surface area (TPSA) is 55.1 Å². The Balaban J connectivity index is 1.55. The number of para-hydroxylation sites is 1. The van der Waals surface area contributed by atoms with E-state index >= 15 is 0 Å². The first-order chi connectivity index (χ1) is 18.9. The van der Waals surface area contributed by atoms with E-state index in [4.69, 9.17) is 5.10 Å². The third kappa shape index (κ3) is 4.42. The number of urea groups is 1. The molecule has 196 valence electrons. The van der Waals surface area contributed by atoms with Crippen molar-refractivity contribution in [3.63, 3.8) is 0 Å². The fourth-order valence-electron chi connectivity index (χ4n) is 5.55. The van der Waals surface area contributed by atoms with Crippen molar-refractivity contribution in [1.29, 1.82) is 0 Å². The number of fused-ring (bicyclic) bond motifs is 3. The van der Waals surface area contributed by atoms with Gasteiger partial charge in [-0.15, -0.1) is 0 Å². The van der Waals surface area contributed by atoms with Gasteiger partial charge in [-0.25, -0.2) is 9.48 Å². The van der Waals surface area contributed by atoms with Crippen LogP contribution < -0.4 is 5.32 Å². The van der Waals surface area contributed by atoms with Crippen LogP contribution in [0.2, 0.25) is 0 Å². The van der Waals surface area contributed by atoms with Gasteiger partial charge < -0.3 is 14.8 Å². The molecule has 6 nitrogen and oxygen atoms in total. The van der Waals surface area contributed by atoms with Crippen LogP contribution in [0, 0.1) is 20.8 Å². The second-order valence-electron chi connectivity index (χ2n) is 10.3. The van der Waals surface area contributed by atoms with Crippen molar-refractivity contribution in [2.75, 3.05) is 5.32 Å². The van der Waals surface area contributed by atoms with Gasteiger partial charge in [-0.05, 0) is 80.3 Å². The Kier molecular flexibility index (Phi) is 6.31. The van der Waals surface area contributed by atoms with Gasteiger partial charge in [0.15, 0.2) is 0 Å². The Labute approximate surface area is 229 Å². The van der Waals surface area contributed by atoms with E-state index in [9.17, 15) is 4.79 Å². The number of hydrogen-bond acceptors (Lipinski definition) is 2. The van der Waals surface area contributed by atoms with Gasteiger partial charge in [0.2, 0.25) is 0 Å². The molecule has 6 heteroatoms. The number of aromatic nitrogens is 3. The highest BCUT2D eigenvalue weighted by atomic mass is 16.2. The number of anilines is 1. The molecular weight excluding hydrogens is 482 g/mol. The number of aryl methyl sites for hydroxylation is 4. The normalized spacial score (nSPS) is 14.5. The lowest BCUT2D eigenvalue weighted by Crippen LogP contribution is -2.38. The minimum atomic E-state index is -0.284. The highest BCUT2D eigenvalue weighted by molar-refractivity contribution is 5.90. The van der Waals surface area contributed by atoms with Crippen LogP contribution in [0.15, 0.2) is 91.1 Å². The van der Waals surface area contributed by atoms with Gasteiger partial charge in [0.05, 0.1) is 29.7 Å². The van der Waals surface area contributed by atoms with Crippen LogP contribution >= 0.6 is 0 Å². The summed E-state index contributed by atoms with van der Waals surface area (Å²) in [6.45, 7) is 8.79. The number of benzene rings is 3. The number of rotatable bonds is 4. The van der Waals surface area contributed by atoms with E-state index in [-0.39, 0.29) is 12.1 Å². The first-order valence-electron chi connectivity index (χ1n) is 13.5. The van der Waals surface area contributed by atoms with Gasteiger partial charge in [0.1, 0.15) is 5.82 Å². The molecule has 3 heterocycles. The zero-order valence-corrected chi connectivity index (χ0v) is 22.8. The molecule has 2 aromatic heterocycles. The SMILES string of the molecule is CCc1nn(-c2ccccc2)c2c1CN(C(=O)Nc1ccc(C)c(C)c1)C(c1cccc(C)c1)c1cccn1-2. The van der Waals surface area contributed by atoms with E-state index in [2.05, 4.69) is 92.3 Å². The van der Waals surface area contributed by atoms with Crippen molar-refractivity contribution in [3.05, 3.63) is 130 Å².